The van der Waals surface area contributed by atoms with E-state index in [4.69, 9.17) is 23.8 Å². The molecule has 0 aliphatic heterocycles. The van der Waals surface area contributed by atoms with Crippen LogP contribution in [0.5, 0.6) is 0 Å². The number of hydrogen-bond donors (Lipinski definition) is 0. The van der Waals surface area contributed by atoms with Crippen LogP contribution in [0, 0.1) is 0 Å². The van der Waals surface area contributed by atoms with Crippen molar-refractivity contribution >= 4 is 65.7 Å². The molecule has 0 unspecified atom stereocenters. The van der Waals surface area contributed by atoms with Crippen molar-refractivity contribution in [1.82, 2.24) is 19.5 Å². The number of nitrogens with zero attached hydrogens (tertiary/aromatic N) is 4. The summed E-state index contributed by atoms with van der Waals surface area (Å²) >= 11 is 0. The molecule has 6 heteroatoms. The predicted octanol–water partition coefficient (Wildman–Crippen LogP) is 11.8. The molecule has 7 aromatic carbocycles. The molecule has 0 radical (unpaired) electrons. The number of aromatic nitrogens is 4. The van der Waals surface area contributed by atoms with E-state index in [1.54, 1.807) is 0 Å². The first kappa shape index (κ1) is 27.9. The van der Waals surface area contributed by atoms with E-state index in [1.165, 1.54) is 0 Å². The van der Waals surface area contributed by atoms with Crippen molar-refractivity contribution in [2.45, 2.75) is 0 Å². The molecule has 0 bridgehead atoms. The third kappa shape index (κ3) is 4.26. The largest absolute Gasteiger partial charge is 0.456 e. The van der Waals surface area contributed by atoms with Crippen LogP contribution >= 0.6 is 0 Å². The van der Waals surface area contributed by atoms with Crippen molar-refractivity contribution in [3.8, 4) is 39.9 Å². The summed E-state index contributed by atoms with van der Waals surface area (Å²) in [5.41, 5.74) is 9.33. The van der Waals surface area contributed by atoms with E-state index in [2.05, 4.69) is 95.6 Å². The van der Waals surface area contributed by atoms with E-state index >= 15 is 0 Å². The SMILES string of the molecule is c1ccc(-c2nc(-c3ccc4c(c3)oc3c4ccc4c3c3ccccc3n4-c3ccccc3)nc(-c3ccc4oc5ccccc5c4c3)n2)cc1. The highest BCUT2D eigenvalue weighted by molar-refractivity contribution is 6.24. The first-order chi connectivity index (χ1) is 25.3. The van der Waals surface area contributed by atoms with Crippen LogP contribution in [0.25, 0.3) is 106 Å². The summed E-state index contributed by atoms with van der Waals surface area (Å²) in [6.45, 7) is 0. The van der Waals surface area contributed by atoms with Crippen LogP contribution in [0.4, 0.5) is 0 Å². The number of hydrogen-bond acceptors (Lipinski definition) is 5. The van der Waals surface area contributed by atoms with Crippen LogP contribution < -0.4 is 0 Å². The van der Waals surface area contributed by atoms with Gasteiger partial charge in [0.05, 0.1) is 16.4 Å². The van der Waals surface area contributed by atoms with Crippen molar-refractivity contribution in [2.24, 2.45) is 0 Å². The van der Waals surface area contributed by atoms with Crippen LogP contribution in [0.2, 0.25) is 0 Å². The van der Waals surface area contributed by atoms with E-state index in [1.807, 2.05) is 66.7 Å². The minimum absolute atomic E-state index is 0.573. The van der Waals surface area contributed by atoms with E-state index in [0.29, 0.717) is 17.5 Å². The minimum Gasteiger partial charge on any atom is -0.456 e. The number of rotatable bonds is 4. The van der Waals surface area contributed by atoms with Gasteiger partial charge in [0, 0.05) is 49.3 Å². The maximum atomic E-state index is 6.80. The summed E-state index contributed by atoms with van der Waals surface area (Å²) in [6.07, 6.45) is 0. The van der Waals surface area contributed by atoms with Crippen molar-refractivity contribution in [3.63, 3.8) is 0 Å². The fourth-order valence-corrected chi connectivity index (χ4v) is 7.50. The predicted molar refractivity (Wildman–Crippen MR) is 205 cm³/mol. The van der Waals surface area contributed by atoms with Gasteiger partial charge in [0.2, 0.25) is 0 Å². The summed E-state index contributed by atoms with van der Waals surface area (Å²) in [6, 6.07) is 53.9. The Morgan fingerprint density at radius 3 is 1.80 bits per heavy atom. The normalized spacial score (nSPS) is 11.9. The van der Waals surface area contributed by atoms with Gasteiger partial charge in [-0.3, -0.25) is 0 Å². The summed E-state index contributed by atoms with van der Waals surface area (Å²) in [5.74, 6) is 1.77. The molecule has 0 saturated carbocycles. The third-order valence-electron chi connectivity index (χ3n) is 9.85. The monoisotopic (exact) mass is 654 g/mol. The fraction of sp³-hybridized carbons (Fsp3) is 0. The van der Waals surface area contributed by atoms with Crippen LogP contribution in [-0.2, 0) is 0 Å². The quantitative estimate of drug-likeness (QED) is 0.189. The van der Waals surface area contributed by atoms with Crippen molar-refractivity contribution < 1.29 is 8.83 Å². The molecule has 11 aromatic rings. The van der Waals surface area contributed by atoms with Gasteiger partial charge in [0.1, 0.15) is 22.3 Å². The Morgan fingerprint density at radius 2 is 0.980 bits per heavy atom. The van der Waals surface area contributed by atoms with Gasteiger partial charge in [-0.25, -0.2) is 15.0 Å². The lowest BCUT2D eigenvalue weighted by Gasteiger charge is -2.08. The molecule has 6 nitrogen and oxygen atoms in total. The lowest BCUT2D eigenvalue weighted by molar-refractivity contribution is 0.669. The van der Waals surface area contributed by atoms with Gasteiger partial charge < -0.3 is 13.4 Å². The highest BCUT2D eigenvalue weighted by Gasteiger charge is 2.20. The molecule has 238 valence electrons. The van der Waals surface area contributed by atoms with Gasteiger partial charge in [-0.05, 0) is 66.7 Å². The molecule has 0 amide bonds. The molecule has 0 spiro atoms. The smallest absolute Gasteiger partial charge is 0.164 e. The number of para-hydroxylation sites is 3. The van der Waals surface area contributed by atoms with Gasteiger partial charge in [-0.15, -0.1) is 0 Å². The Balaban J connectivity index is 1.11. The van der Waals surface area contributed by atoms with Gasteiger partial charge in [0.25, 0.3) is 0 Å². The summed E-state index contributed by atoms with van der Waals surface area (Å²) < 4.78 is 15.2. The van der Waals surface area contributed by atoms with Crippen molar-refractivity contribution in [2.75, 3.05) is 0 Å². The molecule has 11 rings (SSSR count). The van der Waals surface area contributed by atoms with Crippen molar-refractivity contribution in [3.05, 3.63) is 158 Å². The Hall–Kier alpha value is -7.05. The van der Waals surface area contributed by atoms with Gasteiger partial charge in [-0.1, -0.05) is 91.0 Å². The summed E-state index contributed by atoms with van der Waals surface area (Å²) in [7, 11) is 0. The fourth-order valence-electron chi connectivity index (χ4n) is 7.50. The van der Waals surface area contributed by atoms with E-state index in [9.17, 15) is 0 Å². The van der Waals surface area contributed by atoms with Crippen LogP contribution in [0.15, 0.2) is 167 Å². The first-order valence-corrected chi connectivity index (χ1v) is 16.9. The van der Waals surface area contributed by atoms with E-state index < -0.39 is 0 Å². The zero-order valence-corrected chi connectivity index (χ0v) is 27.1. The average Bonchev–Trinajstić information content (AvgIpc) is 3.87. The minimum atomic E-state index is 0.573. The van der Waals surface area contributed by atoms with E-state index in [0.717, 1.165) is 88.1 Å². The molecule has 0 N–H and O–H groups in total. The highest BCUT2D eigenvalue weighted by atomic mass is 16.3. The zero-order chi connectivity index (χ0) is 33.5. The molecular weight excluding hydrogens is 629 g/mol. The molecule has 0 saturated heterocycles. The Bertz CT molecular complexity index is 3140. The second-order valence-corrected chi connectivity index (χ2v) is 12.8. The maximum absolute atomic E-state index is 6.80. The highest BCUT2D eigenvalue weighted by Crippen LogP contribution is 2.41. The summed E-state index contributed by atoms with van der Waals surface area (Å²) in [5, 5.41) is 6.45. The molecule has 0 aliphatic carbocycles. The Labute approximate surface area is 290 Å². The second kappa shape index (κ2) is 10.7. The molecular formula is C45H26N4O2. The van der Waals surface area contributed by atoms with Gasteiger partial charge >= 0.3 is 0 Å². The molecule has 4 heterocycles. The lowest BCUT2D eigenvalue weighted by atomic mass is 10.1. The number of fused-ring (bicyclic) bond motifs is 10. The summed E-state index contributed by atoms with van der Waals surface area (Å²) in [4.78, 5) is 15.0. The molecule has 0 atom stereocenters. The molecule has 0 aliphatic rings. The van der Waals surface area contributed by atoms with Gasteiger partial charge in [0.15, 0.2) is 17.5 Å². The van der Waals surface area contributed by atoms with Crippen LogP contribution in [0.1, 0.15) is 0 Å². The third-order valence-corrected chi connectivity index (χ3v) is 9.85. The Kier molecular flexibility index (Phi) is 5.86. The maximum Gasteiger partial charge on any atom is 0.164 e. The number of furan rings is 2. The number of benzene rings is 7. The average molecular weight is 655 g/mol. The van der Waals surface area contributed by atoms with Crippen LogP contribution in [-0.4, -0.2) is 19.5 Å². The first-order valence-electron chi connectivity index (χ1n) is 16.9. The molecule has 0 fully saturated rings. The zero-order valence-electron chi connectivity index (χ0n) is 27.1. The van der Waals surface area contributed by atoms with E-state index in [-0.39, 0.29) is 0 Å². The molecule has 4 aromatic heterocycles. The van der Waals surface area contributed by atoms with Crippen LogP contribution in [0.3, 0.4) is 0 Å². The lowest BCUT2D eigenvalue weighted by Crippen LogP contribution is -2.00. The molecule has 51 heavy (non-hydrogen) atoms. The van der Waals surface area contributed by atoms with Gasteiger partial charge in [-0.2, -0.15) is 0 Å². The standard InChI is InChI=1S/C45H26N4O2/c1-3-11-27(12-4-1)43-46-44(28-20-24-39-35(25-28)31-15-8-10-18-38(31)50-39)48-45(47-43)29-19-21-32-33-22-23-37-41(42(33)51-40(32)26-29)34-16-7-9-17-36(34)49(37)30-13-5-2-6-14-30/h1-26H. The Morgan fingerprint density at radius 1 is 0.373 bits per heavy atom. The van der Waals surface area contributed by atoms with Crippen molar-refractivity contribution in [1.29, 1.82) is 0 Å². The second-order valence-electron chi connectivity index (χ2n) is 12.8. The topological polar surface area (TPSA) is 69.9 Å².